The minimum absolute atomic E-state index is 0.0109. The second-order valence-electron chi connectivity index (χ2n) is 16.2. The number of fused-ring (bicyclic) bond motifs is 4. The van der Waals surface area contributed by atoms with E-state index in [1.165, 1.54) is 0 Å². The summed E-state index contributed by atoms with van der Waals surface area (Å²) in [6, 6.07) is 0. The fraction of sp³-hybridized carbons (Fsp3) is 0.912. The second kappa shape index (κ2) is 11.7. The molecule has 0 bridgehead atoms. The molecule has 4 saturated carbocycles. The first-order valence-electron chi connectivity index (χ1n) is 17.3. The van der Waals surface area contributed by atoms with Crippen LogP contribution in [0.4, 0.5) is 0 Å². The van der Waals surface area contributed by atoms with Gasteiger partial charge in [0.25, 0.3) is 0 Å². The summed E-state index contributed by atoms with van der Waals surface area (Å²) in [5.41, 5.74) is -1.04. The predicted octanol–water partition coefficient (Wildman–Crippen LogP) is -0.865. The molecule has 1 spiro atoms. The largest absolute Gasteiger partial charge is 0.458 e. The van der Waals surface area contributed by atoms with Gasteiger partial charge in [0.1, 0.15) is 42.2 Å². The van der Waals surface area contributed by atoms with Crippen molar-refractivity contribution in [2.45, 2.75) is 139 Å². The van der Waals surface area contributed by atoms with Crippen LogP contribution in [-0.2, 0) is 23.7 Å². The Morgan fingerprint density at radius 2 is 1.70 bits per heavy atom. The van der Waals surface area contributed by atoms with Crippen molar-refractivity contribution in [3.05, 3.63) is 11.1 Å². The molecular weight excluding hydrogens is 616 g/mol. The van der Waals surface area contributed by atoms with Crippen molar-refractivity contribution in [2.75, 3.05) is 13.2 Å². The molecule has 3 heterocycles. The fourth-order valence-electron chi connectivity index (χ4n) is 11.8. The normalized spacial score (nSPS) is 56.2. The number of carbonyl (C=O) groups excluding carboxylic acids is 1. The molecule has 2 saturated heterocycles. The van der Waals surface area contributed by atoms with Crippen molar-refractivity contribution in [3.63, 3.8) is 0 Å². The third-order valence-electron chi connectivity index (χ3n) is 14.3. The predicted molar refractivity (Wildman–Crippen MR) is 161 cm³/mol. The van der Waals surface area contributed by atoms with Gasteiger partial charge in [-0.25, -0.2) is 4.79 Å². The minimum Gasteiger partial charge on any atom is -0.458 e. The van der Waals surface area contributed by atoms with Crippen LogP contribution in [0.3, 0.4) is 0 Å². The summed E-state index contributed by atoms with van der Waals surface area (Å²) in [6.45, 7) is 7.17. The number of hydrogen-bond acceptors (Lipinski definition) is 13. The van der Waals surface area contributed by atoms with E-state index in [-0.39, 0.29) is 54.1 Å². The van der Waals surface area contributed by atoms with E-state index in [9.17, 15) is 45.6 Å². The van der Waals surface area contributed by atoms with E-state index in [0.717, 1.165) is 18.4 Å². The van der Waals surface area contributed by atoms with Crippen LogP contribution in [0.2, 0.25) is 0 Å². The van der Waals surface area contributed by atoms with Crippen molar-refractivity contribution in [2.24, 2.45) is 40.4 Å². The maximum Gasteiger partial charge on any atom is 0.336 e. The lowest BCUT2D eigenvalue weighted by Crippen LogP contribution is -2.70. The molecule has 13 heteroatoms. The third-order valence-corrected chi connectivity index (χ3v) is 14.3. The lowest BCUT2D eigenvalue weighted by molar-refractivity contribution is -0.330. The first-order chi connectivity index (χ1) is 22.1. The Hall–Kier alpha value is -1.23. The van der Waals surface area contributed by atoms with Gasteiger partial charge in [0.15, 0.2) is 6.29 Å². The highest BCUT2D eigenvalue weighted by molar-refractivity contribution is 5.90. The molecule has 19 atom stereocenters. The molecule has 0 aromatic rings. The van der Waals surface area contributed by atoms with Crippen molar-refractivity contribution < 1.29 is 64.6 Å². The third kappa shape index (κ3) is 4.65. The average Bonchev–Trinajstić information content (AvgIpc) is 3.70. The standard InChI is InChI=1S/C34H52O13/c1-13-7-20(44-30(43)16(13)11-35)14(2)25-19(37)9-18-15-8-24-34(47-24)29(42)21(45-31-28(41)27(40)26(39)22(12-36)46-31)10-23(38)33(34,4)17(15)5-6-32(18,25)3/h14-15,17-29,31,35-42H,5-12H2,1-4H3/t14-,15-,17+,18+,19?,20?,21+,22-,23?,24-,25+,26-,27+,28-,29+,31-,32+,33+,34+/m1/s1. The molecule has 7 aliphatic rings. The van der Waals surface area contributed by atoms with Gasteiger partial charge >= 0.3 is 5.97 Å². The van der Waals surface area contributed by atoms with Crippen LogP contribution in [-0.4, -0.2) is 133 Å². The summed E-state index contributed by atoms with van der Waals surface area (Å²) in [5, 5.41) is 85.6. The van der Waals surface area contributed by atoms with Gasteiger partial charge in [0.05, 0.1) is 43.2 Å². The van der Waals surface area contributed by atoms with Gasteiger partial charge in [-0.05, 0) is 67.6 Å². The van der Waals surface area contributed by atoms with E-state index in [2.05, 4.69) is 13.8 Å². The molecule has 7 rings (SSSR count). The zero-order valence-electron chi connectivity index (χ0n) is 27.5. The molecule has 0 radical (unpaired) electrons. The Kier molecular flexibility index (Phi) is 8.49. The van der Waals surface area contributed by atoms with Crippen molar-refractivity contribution in [3.8, 4) is 0 Å². The Morgan fingerprint density at radius 3 is 2.36 bits per heavy atom. The van der Waals surface area contributed by atoms with E-state index >= 15 is 0 Å². The van der Waals surface area contributed by atoms with Crippen LogP contribution in [0.25, 0.3) is 0 Å². The molecule has 0 amide bonds. The molecule has 3 aliphatic heterocycles. The zero-order valence-corrected chi connectivity index (χ0v) is 27.5. The Bertz CT molecular complexity index is 1270. The number of esters is 1. The van der Waals surface area contributed by atoms with Gasteiger partial charge in [0.2, 0.25) is 0 Å². The van der Waals surface area contributed by atoms with Crippen LogP contribution >= 0.6 is 0 Å². The fourth-order valence-corrected chi connectivity index (χ4v) is 11.8. The Balaban J connectivity index is 1.11. The molecule has 0 aromatic heterocycles. The van der Waals surface area contributed by atoms with Gasteiger partial charge in [-0.15, -0.1) is 0 Å². The summed E-state index contributed by atoms with van der Waals surface area (Å²) in [4.78, 5) is 12.7. The lowest BCUT2D eigenvalue weighted by atomic mass is 9.43. The lowest BCUT2D eigenvalue weighted by Gasteiger charge is -2.62. The van der Waals surface area contributed by atoms with Gasteiger partial charge in [-0.1, -0.05) is 26.3 Å². The van der Waals surface area contributed by atoms with Crippen LogP contribution in [0.1, 0.15) is 66.2 Å². The molecule has 6 fully saturated rings. The van der Waals surface area contributed by atoms with Gasteiger partial charge in [0, 0.05) is 18.3 Å². The molecule has 13 nitrogen and oxygen atoms in total. The maximum absolute atomic E-state index is 12.7. The van der Waals surface area contributed by atoms with Gasteiger partial charge in [-0.3, -0.25) is 0 Å². The molecule has 0 aromatic carbocycles. The number of aliphatic hydroxyl groups excluding tert-OH is 8. The molecular formula is C34H52O13. The van der Waals surface area contributed by atoms with E-state index < -0.39 is 84.8 Å². The maximum atomic E-state index is 12.7. The smallest absolute Gasteiger partial charge is 0.336 e. The first kappa shape index (κ1) is 34.2. The Morgan fingerprint density at radius 1 is 0.979 bits per heavy atom. The topological polar surface area (TPSA) is 219 Å². The summed E-state index contributed by atoms with van der Waals surface area (Å²) >= 11 is 0. The quantitative estimate of drug-likeness (QED) is 0.0982. The number of cyclic esters (lactones) is 1. The van der Waals surface area contributed by atoms with Crippen LogP contribution < -0.4 is 0 Å². The number of aliphatic hydroxyl groups is 8. The Labute approximate surface area is 274 Å². The van der Waals surface area contributed by atoms with E-state index in [4.69, 9.17) is 18.9 Å². The van der Waals surface area contributed by atoms with Crippen molar-refractivity contribution in [1.29, 1.82) is 0 Å². The highest BCUT2D eigenvalue weighted by Crippen LogP contribution is 2.74. The average molecular weight is 669 g/mol. The highest BCUT2D eigenvalue weighted by Gasteiger charge is 2.82. The van der Waals surface area contributed by atoms with Crippen LogP contribution in [0.15, 0.2) is 11.1 Å². The number of carbonyl (C=O) groups is 1. The first-order valence-corrected chi connectivity index (χ1v) is 17.3. The second-order valence-corrected chi connectivity index (χ2v) is 16.2. The molecule has 47 heavy (non-hydrogen) atoms. The van der Waals surface area contributed by atoms with Crippen molar-refractivity contribution >= 4 is 5.97 Å². The number of epoxide rings is 1. The monoisotopic (exact) mass is 668 g/mol. The van der Waals surface area contributed by atoms with Crippen LogP contribution in [0, 0.1) is 40.4 Å². The highest BCUT2D eigenvalue weighted by atomic mass is 16.7. The zero-order chi connectivity index (χ0) is 34.0. The molecule has 266 valence electrons. The van der Waals surface area contributed by atoms with Gasteiger partial charge < -0.3 is 59.8 Å². The SMILES string of the molecule is CC1=C(CO)C(=O)OC([C@@H](C)[C@H]2C(O)C[C@H]3[C@@H]4C[C@H]5O[C@]56[C@@H](O)[C@@H](O[C@@H]5O[C@H](CO)[C@@H](O)[C@H](O)[C@H]5O)CC(O)[C@]6(C)[C@H]4CC[C@]23C)C1. The minimum atomic E-state index is -1.64. The number of ether oxygens (including phenoxy) is 4. The number of hydrogen-bond donors (Lipinski definition) is 8. The molecule has 4 aliphatic carbocycles. The van der Waals surface area contributed by atoms with E-state index in [1.807, 2.05) is 13.8 Å². The van der Waals surface area contributed by atoms with E-state index in [1.54, 1.807) is 0 Å². The van der Waals surface area contributed by atoms with E-state index in [0.29, 0.717) is 24.8 Å². The summed E-state index contributed by atoms with van der Waals surface area (Å²) < 4.78 is 23.8. The van der Waals surface area contributed by atoms with Gasteiger partial charge in [-0.2, -0.15) is 0 Å². The summed E-state index contributed by atoms with van der Waals surface area (Å²) in [6.07, 6.45) is -8.60. The summed E-state index contributed by atoms with van der Waals surface area (Å²) in [7, 11) is 0. The molecule has 8 N–H and O–H groups in total. The number of rotatable bonds is 6. The van der Waals surface area contributed by atoms with Crippen LogP contribution in [0.5, 0.6) is 0 Å². The van der Waals surface area contributed by atoms with Crippen molar-refractivity contribution in [1.82, 2.24) is 0 Å². The molecule has 3 unspecified atom stereocenters. The summed E-state index contributed by atoms with van der Waals surface area (Å²) in [5.74, 6) is -0.497.